The first-order valence-corrected chi connectivity index (χ1v) is 10.00. The average Bonchev–Trinajstić information content (AvgIpc) is 2.65. The molecular weight excluding hydrogens is 355 g/mol. The third-order valence-corrected chi connectivity index (χ3v) is 6.42. The first-order valence-electron chi connectivity index (χ1n) is 8.55. The molecule has 138 valence electrons. The van der Waals surface area contributed by atoms with Crippen LogP contribution in [0, 0.1) is 12.7 Å². The van der Waals surface area contributed by atoms with Crippen LogP contribution in [0.2, 0.25) is 0 Å². The van der Waals surface area contributed by atoms with Gasteiger partial charge in [-0.15, -0.1) is 0 Å². The summed E-state index contributed by atoms with van der Waals surface area (Å²) in [6, 6.07) is 10.1. The standard InChI is InChI=1S/C19H21FN2O3S/c1-14-5-6-15(20)13-18(14)19(23)21-16-7-9-17(10-8-16)26(24,25)22-11-3-2-4-12-22/h5-10,13H,2-4,11-12H2,1H3,(H,21,23). The number of hydrogen-bond acceptors (Lipinski definition) is 3. The number of nitrogens with one attached hydrogen (secondary N) is 1. The van der Waals surface area contributed by atoms with Crippen LogP contribution < -0.4 is 5.32 Å². The first-order chi connectivity index (χ1) is 12.4. The fourth-order valence-corrected chi connectivity index (χ4v) is 4.52. The molecule has 5 nitrogen and oxygen atoms in total. The van der Waals surface area contributed by atoms with E-state index in [1.807, 2.05) is 0 Å². The molecule has 1 aliphatic rings. The Bertz CT molecular complexity index is 905. The Balaban J connectivity index is 1.75. The van der Waals surface area contributed by atoms with E-state index in [2.05, 4.69) is 5.32 Å². The molecule has 2 aromatic rings. The normalized spacial score (nSPS) is 15.6. The van der Waals surface area contributed by atoms with Crippen molar-refractivity contribution in [3.05, 3.63) is 59.4 Å². The summed E-state index contributed by atoms with van der Waals surface area (Å²) in [4.78, 5) is 12.5. The van der Waals surface area contributed by atoms with E-state index in [0.29, 0.717) is 24.3 Å². The van der Waals surface area contributed by atoms with Crippen LogP contribution in [0.15, 0.2) is 47.4 Å². The van der Waals surface area contributed by atoms with Gasteiger partial charge >= 0.3 is 0 Å². The molecule has 0 bridgehead atoms. The number of hydrogen-bond donors (Lipinski definition) is 1. The lowest BCUT2D eigenvalue weighted by atomic mass is 10.1. The van der Waals surface area contributed by atoms with Crippen LogP contribution in [0.3, 0.4) is 0 Å². The molecule has 1 fully saturated rings. The van der Waals surface area contributed by atoms with Crippen LogP contribution in [0.4, 0.5) is 10.1 Å². The highest BCUT2D eigenvalue weighted by molar-refractivity contribution is 7.89. The van der Waals surface area contributed by atoms with Crippen molar-refractivity contribution in [1.29, 1.82) is 0 Å². The summed E-state index contributed by atoms with van der Waals surface area (Å²) in [6.07, 6.45) is 2.80. The van der Waals surface area contributed by atoms with Crippen LogP contribution in [-0.2, 0) is 10.0 Å². The smallest absolute Gasteiger partial charge is 0.256 e. The molecule has 0 saturated carbocycles. The van der Waals surface area contributed by atoms with Gasteiger partial charge in [0.1, 0.15) is 5.82 Å². The van der Waals surface area contributed by atoms with E-state index in [1.165, 1.54) is 28.6 Å². The topological polar surface area (TPSA) is 66.5 Å². The van der Waals surface area contributed by atoms with Crippen LogP contribution in [0.25, 0.3) is 0 Å². The molecule has 0 unspecified atom stereocenters. The minimum atomic E-state index is -3.50. The number of benzene rings is 2. The summed E-state index contributed by atoms with van der Waals surface area (Å²) in [5, 5.41) is 2.67. The molecule has 0 spiro atoms. The number of amides is 1. The van der Waals surface area contributed by atoms with Crippen LogP contribution in [-0.4, -0.2) is 31.7 Å². The maximum absolute atomic E-state index is 13.4. The third kappa shape index (κ3) is 3.94. The van der Waals surface area contributed by atoms with Crippen molar-refractivity contribution in [3.63, 3.8) is 0 Å². The largest absolute Gasteiger partial charge is 0.322 e. The van der Waals surface area contributed by atoms with Gasteiger partial charge in [0, 0.05) is 24.3 Å². The highest BCUT2D eigenvalue weighted by atomic mass is 32.2. The number of carbonyl (C=O) groups excluding carboxylic acids is 1. The molecule has 2 aromatic carbocycles. The molecule has 3 rings (SSSR count). The van der Waals surface area contributed by atoms with Crippen LogP contribution in [0.5, 0.6) is 0 Å². The van der Waals surface area contributed by atoms with Gasteiger partial charge in [-0.25, -0.2) is 12.8 Å². The van der Waals surface area contributed by atoms with E-state index in [9.17, 15) is 17.6 Å². The fraction of sp³-hybridized carbons (Fsp3) is 0.316. The molecule has 1 aliphatic heterocycles. The van der Waals surface area contributed by atoms with Gasteiger partial charge in [0.15, 0.2) is 0 Å². The minimum absolute atomic E-state index is 0.208. The lowest BCUT2D eigenvalue weighted by molar-refractivity contribution is 0.102. The summed E-state index contributed by atoms with van der Waals surface area (Å²) in [7, 11) is -3.50. The zero-order valence-corrected chi connectivity index (χ0v) is 15.4. The van der Waals surface area contributed by atoms with Gasteiger partial charge in [0.2, 0.25) is 10.0 Å². The van der Waals surface area contributed by atoms with Gasteiger partial charge < -0.3 is 5.32 Å². The van der Waals surface area contributed by atoms with Crippen molar-refractivity contribution < 1.29 is 17.6 Å². The van der Waals surface area contributed by atoms with Gasteiger partial charge in [-0.05, 0) is 61.7 Å². The number of rotatable bonds is 4. The van der Waals surface area contributed by atoms with Gasteiger partial charge in [0.05, 0.1) is 4.90 Å². The van der Waals surface area contributed by atoms with Gasteiger partial charge in [-0.3, -0.25) is 4.79 Å². The Hall–Kier alpha value is -2.25. The van der Waals surface area contributed by atoms with Crippen molar-refractivity contribution in [2.24, 2.45) is 0 Å². The second-order valence-corrected chi connectivity index (χ2v) is 8.34. The molecule has 0 atom stereocenters. The molecule has 26 heavy (non-hydrogen) atoms. The zero-order chi connectivity index (χ0) is 18.7. The summed E-state index contributed by atoms with van der Waals surface area (Å²) < 4.78 is 40.1. The molecule has 7 heteroatoms. The summed E-state index contributed by atoms with van der Waals surface area (Å²) >= 11 is 0. The Labute approximate surface area is 152 Å². The predicted molar refractivity (Wildman–Crippen MR) is 98.1 cm³/mol. The molecular formula is C19H21FN2O3S. The molecule has 1 N–H and O–H groups in total. The lowest BCUT2D eigenvalue weighted by Crippen LogP contribution is -2.35. The van der Waals surface area contributed by atoms with Gasteiger partial charge in [0.25, 0.3) is 5.91 Å². The number of piperidine rings is 1. The van der Waals surface area contributed by atoms with Crippen molar-refractivity contribution in [1.82, 2.24) is 4.31 Å². The number of aryl methyl sites for hydroxylation is 1. The Kier molecular flexibility index (Phi) is 5.38. The second-order valence-electron chi connectivity index (χ2n) is 6.40. The van der Waals surface area contributed by atoms with Crippen molar-refractivity contribution in [3.8, 4) is 0 Å². The predicted octanol–water partition coefficient (Wildman–Crippen LogP) is 3.56. The van der Waals surface area contributed by atoms with E-state index < -0.39 is 21.7 Å². The third-order valence-electron chi connectivity index (χ3n) is 4.51. The van der Waals surface area contributed by atoms with Crippen LogP contribution in [0.1, 0.15) is 35.2 Å². The van der Waals surface area contributed by atoms with Crippen molar-refractivity contribution in [2.45, 2.75) is 31.1 Å². The molecule has 1 amide bonds. The quantitative estimate of drug-likeness (QED) is 0.887. The number of anilines is 1. The number of nitrogens with zero attached hydrogens (tertiary/aromatic N) is 1. The Morgan fingerprint density at radius 1 is 1.04 bits per heavy atom. The average molecular weight is 376 g/mol. The van der Waals surface area contributed by atoms with E-state index in [1.54, 1.807) is 25.1 Å². The molecule has 0 radical (unpaired) electrons. The molecule has 1 heterocycles. The lowest BCUT2D eigenvalue weighted by Gasteiger charge is -2.25. The fourth-order valence-electron chi connectivity index (χ4n) is 3.00. The highest BCUT2D eigenvalue weighted by Crippen LogP contribution is 2.22. The van der Waals surface area contributed by atoms with Gasteiger partial charge in [-0.2, -0.15) is 4.31 Å². The number of sulfonamides is 1. The van der Waals surface area contributed by atoms with Gasteiger partial charge in [-0.1, -0.05) is 12.5 Å². The van der Waals surface area contributed by atoms with Crippen molar-refractivity contribution in [2.75, 3.05) is 18.4 Å². The number of carbonyl (C=O) groups is 1. The van der Waals surface area contributed by atoms with Crippen LogP contribution >= 0.6 is 0 Å². The van der Waals surface area contributed by atoms with E-state index in [4.69, 9.17) is 0 Å². The zero-order valence-electron chi connectivity index (χ0n) is 14.5. The minimum Gasteiger partial charge on any atom is -0.322 e. The SMILES string of the molecule is Cc1ccc(F)cc1C(=O)Nc1ccc(S(=O)(=O)N2CCCCC2)cc1. The Morgan fingerprint density at radius 3 is 2.35 bits per heavy atom. The molecule has 0 aliphatic carbocycles. The maximum Gasteiger partial charge on any atom is 0.256 e. The van der Waals surface area contributed by atoms with E-state index in [-0.39, 0.29) is 10.5 Å². The molecule has 1 saturated heterocycles. The van der Waals surface area contributed by atoms with E-state index >= 15 is 0 Å². The summed E-state index contributed by atoms with van der Waals surface area (Å²) in [5.74, 6) is -0.919. The maximum atomic E-state index is 13.4. The monoisotopic (exact) mass is 376 g/mol. The highest BCUT2D eigenvalue weighted by Gasteiger charge is 2.25. The summed E-state index contributed by atoms with van der Waals surface area (Å²) in [5.41, 5.74) is 1.36. The van der Waals surface area contributed by atoms with E-state index in [0.717, 1.165) is 19.3 Å². The second kappa shape index (κ2) is 7.55. The first kappa shape index (κ1) is 18.5. The van der Waals surface area contributed by atoms with Crippen molar-refractivity contribution >= 4 is 21.6 Å². The Morgan fingerprint density at radius 2 is 1.69 bits per heavy atom. The molecule has 0 aromatic heterocycles. The summed E-state index contributed by atoms with van der Waals surface area (Å²) in [6.45, 7) is 2.81. The number of halogens is 1.